The molecule has 0 saturated carbocycles. The van der Waals surface area contributed by atoms with E-state index in [0.717, 1.165) is 0 Å². The first-order valence-electron chi connectivity index (χ1n) is 30.2. The molecule has 37 heteroatoms. The van der Waals surface area contributed by atoms with Crippen LogP contribution >= 0.6 is 0 Å². The molecule has 3 rings (SSSR count). The van der Waals surface area contributed by atoms with Gasteiger partial charge < -0.3 is 122 Å². The standard InChI is InChI=1S/C14H19NO8.C13H8N2O7.C12H26N2O5.3C7H16O4/c1-3-11(8-16)22-13(20-2)9-21-14(17)23-12-6-4-10(5-7-12)15(18)19;16-13(21-11-5-1-9(2-6-11)14(17)18)22-12-7-3-10(4-8-12)15(19)20;1-5-10(8-15)19-11(17-4)9-18-12(16)14(3)7-6-13-2;3*1-3-6(4-8)11-7(5-9)10-2/h4-7,11,13,16H,3,8-9H2,1-2H3;1-8H;10-11,13,15H,5-9H2,1-4H3;3*6-9H,3-5H2,1-2H3. The quantitative estimate of drug-likeness (QED) is 0.0126. The Hall–Kier alpha value is -7.09. The van der Waals surface area contributed by atoms with Gasteiger partial charge in [-0.3, -0.25) is 30.3 Å². The molecule has 0 aromatic heterocycles. The summed E-state index contributed by atoms with van der Waals surface area (Å²) in [4.78, 5) is 65.9. The molecule has 9 N–H and O–H groups in total. The highest BCUT2D eigenvalue weighted by atomic mass is 16.8. The highest BCUT2D eigenvalue weighted by Crippen LogP contribution is 2.22. The van der Waals surface area contributed by atoms with E-state index < -0.39 is 70.7 Å². The number of methoxy groups -OCH3 is 5. The molecule has 0 heterocycles. The van der Waals surface area contributed by atoms with Crippen molar-refractivity contribution in [2.45, 2.75) is 129 Å². The average Bonchev–Trinajstić information content (AvgIpc) is 1.90. The Balaban J connectivity index is -0.00000113. The average molecular weight is 1400 g/mol. The highest BCUT2D eigenvalue weighted by molar-refractivity contribution is 5.68. The van der Waals surface area contributed by atoms with Crippen molar-refractivity contribution >= 4 is 35.5 Å². The Morgan fingerprint density at radius 2 is 0.660 bits per heavy atom. The van der Waals surface area contributed by atoms with Crippen LogP contribution in [-0.4, -0.2) is 270 Å². The second-order valence-electron chi connectivity index (χ2n) is 19.1. The molecule has 0 saturated heterocycles. The first-order chi connectivity index (χ1) is 46.4. The van der Waals surface area contributed by atoms with Gasteiger partial charge in [0.2, 0.25) is 0 Å². The molecule has 0 spiro atoms. The van der Waals surface area contributed by atoms with Crippen LogP contribution in [0.2, 0.25) is 0 Å². The van der Waals surface area contributed by atoms with Crippen molar-refractivity contribution in [3.05, 3.63) is 103 Å². The van der Waals surface area contributed by atoms with E-state index >= 15 is 0 Å². The van der Waals surface area contributed by atoms with Gasteiger partial charge in [-0.1, -0.05) is 34.6 Å². The first-order valence-corrected chi connectivity index (χ1v) is 30.2. The summed E-state index contributed by atoms with van der Waals surface area (Å²) in [6.45, 7) is 9.46. The van der Waals surface area contributed by atoms with Crippen molar-refractivity contribution < 1.29 is 141 Å². The monoisotopic (exact) mass is 1400 g/mol. The molecule has 97 heavy (non-hydrogen) atoms. The highest BCUT2D eigenvalue weighted by Gasteiger charge is 2.21. The van der Waals surface area contributed by atoms with Crippen LogP contribution in [-0.2, 0) is 56.8 Å². The number of rotatable bonds is 41. The predicted octanol–water partition coefficient (Wildman–Crippen LogP) is 4.20. The van der Waals surface area contributed by atoms with Crippen molar-refractivity contribution in [1.82, 2.24) is 10.2 Å². The van der Waals surface area contributed by atoms with Crippen LogP contribution in [0.3, 0.4) is 0 Å². The zero-order valence-electron chi connectivity index (χ0n) is 56.9. The number of hydrogen-bond donors (Lipinski definition) is 9. The van der Waals surface area contributed by atoms with Gasteiger partial charge in [-0.2, -0.15) is 0 Å². The SMILES string of the molecule is CCC(CO)OC(CO)OC.CCC(CO)OC(CO)OC.CCC(CO)OC(CO)OC.CCC(CO)OC(COC(=O)N(C)CCNC)OC.CCC(CO)OC(COC(=O)Oc1ccc([N+](=O)[O-])cc1)OC.O=C(Oc1ccc([N+](=O)[O-])cc1)Oc1ccc([N+](=O)[O-])cc1. The van der Waals surface area contributed by atoms with Gasteiger partial charge in [0.05, 0.1) is 98.1 Å². The normalized spacial score (nSPS) is 13.6. The maximum Gasteiger partial charge on any atom is 0.519 e. The van der Waals surface area contributed by atoms with Crippen molar-refractivity contribution in [3.8, 4) is 17.2 Å². The van der Waals surface area contributed by atoms with Crippen LogP contribution in [0.1, 0.15) is 66.7 Å². The van der Waals surface area contributed by atoms with Gasteiger partial charge in [-0.15, -0.1) is 0 Å². The predicted molar refractivity (Wildman–Crippen MR) is 342 cm³/mol. The third kappa shape index (κ3) is 45.9. The number of nitrogens with zero attached hydrogens (tertiary/aromatic N) is 4. The fourth-order valence-corrected chi connectivity index (χ4v) is 6.26. The van der Waals surface area contributed by atoms with E-state index in [9.17, 15) is 44.7 Å². The van der Waals surface area contributed by atoms with E-state index in [1.165, 1.54) is 113 Å². The molecule has 1 amide bonds. The topological polar surface area (TPSA) is 496 Å². The second kappa shape index (κ2) is 60.1. The third-order valence-electron chi connectivity index (χ3n) is 12.2. The first kappa shape index (κ1) is 94.1. The number of likely N-dealkylation sites (N-methyl/N-ethyl adjacent to an activating group) is 2. The third-order valence-corrected chi connectivity index (χ3v) is 12.2. The van der Waals surface area contributed by atoms with E-state index in [0.29, 0.717) is 45.2 Å². The fraction of sp³-hybridized carbons (Fsp3) is 0.650. The molecule has 10 unspecified atom stereocenters. The van der Waals surface area contributed by atoms with Gasteiger partial charge in [0.1, 0.15) is 30.5 Å². The molecule has 0 radical (unpaired) electrons. The number of aliphatic hydroxyl groups is 8. The summed E-state index contributed by atoms with van der Waals surface area (Å²) < 4.78 is 74.9. The lowest BCUT2D eigenvalue weighted by atomic mass is 10.3. The molecular formula is C60H101N5O32. The van der Waals surface area contributed by atoms with E-state index in [1.807, 2.05) is 41.7 Å². The van der Waals surface area contributed by atoms with Crippen LogP contribution in [0.4, 0.5) is 31.4 Å². The zero-order chi connectivity index (χ0) is 74.1. The molecule has 10 atom stereocenters. The number of nitrogens with one attached hydrogen (secondary N) is 1. The number of carbonyl (C=O) groups excluding carboxylic acids is 3. The molecule has 558 valence electrons. The molecule has 0 bridgehead atoms. The van der Waals surface area contributed by atoms with Gasteiger partial charge in [0.25, 0.3) is 17.1 Å². The zero-order valence-corrected chi connectivity index (χ0v) is 56.9. The molecule has 0 aliphatic heterocycles. The van der Waals surface area contributed by atoms with Crippen LogP contribution in [0.15, 0.2) is 72.8 Å². The summed E-state index contributed by atoms with van der Waals surface area (Å²) >= 11 is 0. The van der Waals surface area contributed by atoms with Crippen molar-refractivity contribution in [2.24, 2.45) is 0 Å². The van der Waals surface area contributed by atoms with Crippen molar-refractivity contribution in [3.63, 3.8) is 0 Å². The summed E-state index contributed by atoms with van der Waals surface area (Å²) in [6.07, 6.45) is -3.98. The number of non-ortho nitro benzene ring substituents is 3. The molecule has 3 aromatic carbocycles. The summed E-state index contributed by atoms with van der Waals surface area (Å²) in [5, 5.41) is 104. The number of carbonyl (C=O) groups is 3. The minimum Gasteiger partial charge on any atom is -0.444 e. The Labute approximate surface area is 563 Å². The maximum absolute atomic E-state index is 11.6. The van der Waals surface area contributed by atoms with Crippen molar-refractivity contribution in [2.75, 3.05) is 129 Å². The lowest BCUT2D eigenvalue weighted by molar-refractivity contribution is -0.385. The van der Waals surface area contributed by atoms with Crippen LogP contribution < -0.4 is 19.5 Å². The molecule has 0 aliphatic carbocycles. The largest absolute Gasteiger partial charge is 0.519 e. The number of hydrogen-bond acceptors (Lipinski definition) is 33. The minimum absolute atomic E-state index is 0.00424. The number of benzene rings is 3. The van der Waals surface area contributed by atoms with Gasteiger partial charge in [0.15, 0.2) is 31.5 Å². The lowest BCUT2D eigenvalue weighted by Crippen LogP contribution is -2.36. The number of ether oxygens (including phenoxy) is 15. The molecule has 0 fully saturated rings. The minimum atomic E-state index is -1.07. The van der Waals surface area contributed by atoms with Crippen LogP contribution in [0.25, 0.3) is 0 Å². The summed E-state index contributed by atoms with van der Waals surface area (Å²) in [6, 6.07) is 14.7. The van der Waals surface area contributed by atoms with Crippen molar-refractivity contribution in [1.29, 1.82) is 0 Å². The Kier molecular flexibility index (Phi) is 58.3. The summed E-state index contributed by atoms with van der Waals surface area (Å²) in [5.74, 6) is 0.243. The van der Waals surface area contributed by atoms with Gasteiger partial charge in [-0.05, 0) is 75.5 Å². The van der Waals surface area contributed by atoms with E-state index in [1.54, 1.807) is 7.05 Å². The number of amides is 1. The number of aliphatic hydroxyl groups excluding tert-OH is 8. The number of nitro benzene ring substituents is 3. The van der Waals surface area contributed by atoms with Crippen LogP contribution in [0.5, 0.6) is 17.2 Å². The Morgan fingerprint density at radius 1 is 0.412 bits per heavy atom. The molecule has 0 aliphatic rings. The Morgan fingerprint density at radius 3 is 0.876 bits per heavy atom. The van der Waals surface area contributed by atoms with Gasteiger partial charge in [-0.25, -0.2) is 14.4 Å². The lowest BCUT2D eigenvalue weighted by Gasteiger charge is -2.23. The fourth-order valence-electron chi connectivity index (χ4n) is 6.26. The second-order valence-corrected chi connectivity index (χ2v) is 19.1. The number of nitro groups is 3. The smallest absolute Gasteiger partial charge is 0.444 e. The van der Waals surface area contributed by atoms with E-state index in [-0.39, 0.29) is 125 Å². The summed E-state index contributed by atoms with van der Waals surface area (Å²) in [5.41, 5.74) is -0.402. The van der Waals surface area contributed by atoms with Crippen LogP contribution in [0, 0.1) is 30.3 Å². The van der Waals surface area contributed by atoms with Gasteiger partial charge in [0, 0.05) is 92.1 Å². The Bertz CT molecular complexity index is 2280. The maximum atomic E-state index is 11.6. The van der Waals surface area contributed by atoms with Gasteiger partial charge >= 0.3 is 18.4 Å². The summed E-state index contributed by atoms with van der Waals surface area (Å²) in [7, 11) is 10.7. The molecular weight excluding hydrogens is 1300 g/mol. The van der Waals surface area contributed by atoms with E-state index in [2.05, 4.69) is 5.32 Å². The van der Waals surface area contributed by atoms with E-state index in [4.69, 9.17) is 112 Å². The molecule has 3 aromatic rings. The molecule has 37 nitrogen and oxygen atoms in total.